The van der Waals surface area contributed by atoms with E-state index in [1.165, 1.54) is 17.0 Å². The fourth-order valence-electron chi connectivity index (χ4n) is 4.34. The van der Waals surface area contributed by atoms with Crippen LogP contribution in [0, 0.1) is 5.82 Å². The lowest BCUT2D eigenvalue weighted by molar-refractivity contribution is -0.132. The molecule has 2 aromatic carbocycles. The highest BCUT2D eigenvalue weighted by Crippen LogP contribution is 2.38. The number of nitrogens with zero attached hydrogens (tertiary/aromatic N) is 2. The summed E-state index contributed by atoms with van der Waals surface area (Å²) in [7, 11) is 1.56. The van der Waals surface area contributed by atoms with Crippen molar-refractivity contribution < 1.29 is 38.8 Å². The highest BCUT2D eigenvalue weighted by Gasteiger charge is 2.43. The largest absolute Gasteiger partial charge is 0.497 e. The number of carbonyl (C=O) groups excluding carboxylic acids is 1. The summed E-state index contributed by atoms with van der Waals surface area (Å²) in [5.74, 6) is 0.210. The van der Waals surface area contributed by atoms with Crippen LogP contribution in [0.25, 0.3) is 0 Å². The molecule has 10 heteroatoms. The van der Waals surface area contributed by atoms with Crippen LogP contribution in [0.4, 0.5) is 14.9 Å². The Hall–Kier alpha value is -3.37. The van der Waals surface area contributed by atoms with E-state index < -0.39 is 23.6 Å². The van der Waals surface area contributed by atoms with Gasteiger partial charge in [0.25, 0.3) is 0 Å². The van der Waals surface area contributed by atoms with Crippen LogP contribution >= 0.6 is 0 Å². The highest BCUT2D eigenvalue weighted by molar-refractivity contribution is 5.97. The van der Waals surface area contributed by atoms with E-state index in [1.807, 2.05) is 0 Å². The first-order chi connectivity index (χ1) is 16.2. The maximum absolute atomic E-state index is 14.9. The lowest BCUT2D eigenvalue weighted by atomic mass is 9.89. The summed E-state index contributed by atoms with van der Waals surface area (Å²) in [5, 5.41) is 30.3. The van der Waals surface area contributed by atoms with Gasteiger partial charge >= 0.3 is 6.09 Å². The number of hydrogen-bond acceptors (Lipinski definition) is 6. The van der Waals surface area contributed by atoms with Crippen LogP contribution in [0.1, 0.15) is 24.0 Å². The number of halogens is 1. The summed E-state index contributed by atoms with van der Waals surface area (Å²) in [6, 6.07) is 9.79. The van der Waals surface area contributed by atoms with Crippen LogP contribution in [-0.4, -0.2) is 70.7 Å². The normalized spacial score (nSPS) is 22.4. The lowest BCUT2D eigenvalue weighted by Crippen LogP contribution is -2.59. The molecule has 2 heterocycles. The third-order valence-electron chi connectivity index (χ3n) is 6.43. The van der Waals surface area contributed by atoms with Gasteiger partial charge in [0.15, 0.2) is 0 Å². The fraction of sp³-hybridized carbons (Fsp3) is 0.417. The van der Waals surface area contributed by atoms with Crippen molar-refractivity contribution >= 4 is 17.7 Å². The molecule has 2 atom stereocenters. The molecule has 2 amide bonds. The Labute approximate surface area is 195 Å². The van der Waals surface area contributed by atoms with Gasteiger partial charge in [-0.2, -0.15) is 0 Å². The van der Waals surface area contributed by atoms with Crippen LogP contribution in [0.3, 0.4) is 0 Å². The average Bonchev–Trinajstić information content (AvgIpc) is 2.82. The van der Waals surface area contributed by atoms with E-state index in [0.717, 1.165) is 10.5 Å². The van der Waals surface area contributed by atoms with Gasteiger partial charge in [0, 0.05) is 18.5 Å². The van der Waals surface area contributed by atoms with Gasteiger partial charge in [0.05, 0.1) is 25.9 Å². The summed E-state index contributed by atoms with van der Waals surface area (Å²) < 4.78 is 25.9. The van der Waals surface area contributed by atoms with E-state index in [0.29, 0.717) is 17.1 Å². The number of carbonyl (C=O) groups is 2. The predicted octanol–water partition coefficient (Wildman–Crippen LogP) is 2.17. The number of fused-ring (bicyclic) bond motifs is 1. The van der Waals surface area contributed by atoms with E-state index in [2.05, 4.69) is 0 Å². The number of aliphatic hydroxyl groups is 2. The Kier molecular flexibility index (Phi) is 6.63. The maximum atomic E-state index is 14.9. The zero-order valence-electron chi connectivity index (χ0n) is 18.7. The van der Waals surface area contributed by atoms with Crippen LogP contribution in [0.5, 0.6) is 11.5 Å². The second-order valence-electron chi connectivity index (χ2n) is 8.59. The second-order valence-corrected chi connectivity index (χ2v) is 8.59. The van der Waals surface area contributed by atoms with Crippen molar-refractivity contribution in [2.45, 2.75) is 37.5 Å². The number of methoxy groups -OCH3 is 1. The number of rotatable bonds is 6. The number of carboxylic acid groups (broad SMARTS) is 1. The smallest absolute Gasteiger partial charge is 0.407 e. The summed E-state index contributed by atoms with van der Waals surface area (Å²) in [4.78, 5) is 26.2. The Morgan fingerprint density at radius 2 is 1.94 bits per heavy atom. The zero-order chi connectivity index (χ0) is 24.5. The monoisotopic (exact) mass is 474 g/mol. The molecular weight excluding hydrogens is 447 g/mol. The molecule has 2 aromatic rings. The van der Waals surface area contributed by atoms with Crippen molar-refractivity contribution in [2.24, 2.45) is 0 Å². The van der Waals surface area contributed by atoms with Crippen molar-refractivity contribution in [3.05, 3.63) is 53.3 Å². The first-order valence-corrected chi connectivity index (χ1v) is 11.0. The average molecular weight is 474 g/mol. The number of hydrogen-bond donors (Lipinski definition) is 3. The molecule has 34 heavy (non-hydrogen) atoms. The number of amides is 2. The molecule has 3 N–H and O–H groups in total. The molecule has 9 nitrogen and oxygen atoms in total. The predicted molar refractivity (Wildman–Crippen MR) is 120 cm³/mol. The quantitative estimate of drug-likeness (QED) is 0.587. The van der Waals surface area contributed by atoms with Gasteiger partial charge < -0.3 is 34.6 Å². The summed E-state index contributed by atoms with van der Waals surface area (Å²) in [6.45, 7) is -0.311. The number of anilines is 1. The van der Waals surface area contributed by atoms with Crippen molar-refractivity contribution in [2.75, 3.05) is 31.7 Å². The maximum Gasteiger partial charge on any atom is 0.407 e. The molecule has 2 aliphatic rings. The number of aliphatic hydroxyl groups excluding tert-OH is 1. The molecule has 1 saturated heterocycles. The van der Waals surface area contributed by atoms with Gasteiger partial charge in [-0.05, 0) is 42.7 Å². The first kappa shape index (κ1) is 23.8. The second kappa shape index (κ2) is 9.47. The Balaban J connectivity index is 1.55. The third-order valence-corrected chi connectivity index (χ3v) is 6.43. The lowest BCUT2D eigenvalue weighted by Gasteiger charge is -2.40. The summed E-state index contributed by atoms with van der Waals surface area (Å²) >= 11 is 0. The number of ether oxygens (including phenoxy) is 2. The van der Waals surface area contributed by atoms with Crippen LogP contribution in [-0.2, 0) is 17.8 Å². The van der Waals surface area contributed by atoms with E-state index in [9.17, 15) is 24.2 Å². The van der Waals surface area contributed by atoms with E-state index >= 15 is 0 Å². The third kappa shape index (κ3) is 4.64. The minimum absolute atomic E-state index is 0.00800. The van der Waals surface area contributed by atoms with E-state index in [4.69, 9.17) is 14.6 Å². The molecule has 1 fully saturated rings. The van der Waals surface area contributed by atoms with Crippen LogP contribution in [0.15, 0.2) is 36.4 Å². The molecule has 0 spiro atoms. The molecular formula is C24H27FN2O7. The molecule has 182 valence electrons. The molecule has 0 aliphatic carbocycles. The minimum Gasteiger partial charge on any atom is -0.497 e. The van der Waals surface area contributed by atoms with Gasteiger partial charge in [-0.1, -0.05) is 12.1 Å². The van der Waals surface area contributed by atoms with Gasteiger partial charge in [-0.3, -0.25) is 4.79 Å². The van der Waals surface area contributed by atoms with Gasteiger partial charge in [0.1, 0.15) is 35.6 Å². The molecule has 0 bridgehead atoms. The van der Waals surface area contributed by atoms with Crippen LogP contribution in [0.2, 0.25) is 0 Å². The highest BCUT2D eigenvalue weighted by atomic mass is 19.1. The number of β-amino-alcohol motifs (C(OH)–C–C–N with tert-alkyl or cyclic N) is 1. The molecule has 0 aromatic heterocycles. The van der Waals surface area contributed by atoms with E-state index in [-0.39, 0.29) is 57.1 Å². The summed E-state index contributed by atoms with van der Waals surface area (Å²) in [5.41, 5.74) is -0.206. The molecule has 2 aliphatic heterocycles. The number of piperidine rings is 1. The standard InChI is InChI=1S/C24H27FN2O7/c1-33-16-4-2-15(3-5-16)12-27-21(29)9-6-17-19(8-7-18(25)22(17)27)34-14-24(32)10-11-26(23(30)31)13-20(24)28/h2-5,7-8,20,28,32H,6,9-14H2,1H3,(H,30,31)/t20-,24-/m0/s1. The first-order valence-electron chi connectivity index (χ1n) is 11.0. The van der Waals surface area contributed by atoms with Crippen molar-refractivity contribution in [3.63, 3.8) is 0 Å². The van der Waals surface area contributed by atoms with Crippen LogP contribution < -0.4 is 14.4 Å². The van der Waals surface area contributed by atoms with E-state index in [1.54, 1.807) is 31.4 Å². The van der Waals surface area contributed by atoms with Crippen molar-refractivity contribution in [3.8, 4) is 11.5 Å². The topological polar surface area (TPSA) is 120 Å². The van der Waals surface area contributed by atoms with Gasteiger partial charge in [0.2, 0.25) is 5.91 Å². The molecule has 0 saturated carbocycles. The minimum atomic E-state index is -1.65. The molecule has 4 rings (SSSR count). The van der Waals surface area contributed by atoms with Crippen molar-refractivity contribution in [1.82, 2.24) is 4.90 Å². The number of likely N-dealkylation sites (tertiary alicyclic amines) is 1. The SMILES string of the molecule is COc1ccc(CN2C(=O)CCc3c(OC[C@@]4(O)CCN(C(=O)O)C[C@@H]4O)ccc(F)c32)cc1. The Morgan fingerprint density at radius 3 is 2.59 bits per heavy atom. The summed E-state index contributed by atoms with van der Waals surface area (Å²) in [6.07, 6.45) is -2.07. The molecule has 0 unspecified atom stereocenters. The Morgan fingerprint density at radius 1 is 1.21 bits per heavy atom. The van der Waals surface area contributed by atoms with Crippen molar-refractivity contribution in [1.29, 1.82) is 0 Å². The molecule has 0 radical (unpaired) electrons. The Bertz CT molecular complexity index is 1080. The van der Waals surface area contributed by atoms with Gasteiger partial charge in [-0.25, -0.2) is 9.18 Å². The zero-order valence-corrected chi connectivity index (χ0v) is 18.7. The van der Waals surface area contributed by atoms with Gasteiger partial charge in [-0.15, -0.1) is 0 Å². The number of benzene rings is 2. The fourth-order valence-corrected chi connectivity index (χ4v) is 4.34.